The number of aromatic nitrogens is 2. The second kappa shape index (κ2) is 5.60. The maximum absolute atomic E-state index is 14.0. The molecule has 4 nitrogen and oxygen atoms in total. The lowest BCUT2D eigenvalue weighted by molar-refractivity contribution is -0.121. The van der Waals surface area contributed by atoms with Crippen LogP contribution in [0, 0.1) is 11.6 Å². The third-order valence-corrected chi connectivity index (χ3v) is 3.74. The van der Waals surface area contributed by atoms with Gasteiger partial charge in [-0.3, -0.25) is 4.79 Å². The number of amides is 1. The van der Waals surface area contributed by atoms with E-state index in [1.165, 1.54) is 10.6 Å². The van der Waals surface area contributed by atoms with Gasteiger partial charge >= 0.3 is 0 Å². The van der Waals surface area contributed by atoms with Gasteiger partial charge in [0, 0.05) is 19.0 Å². The third kappa shape index (κ3) is 2.85. The van der Waals surface area contributed by atoms with Crippen molar-refractivity contribution >= 4 is 28.5 Å². The summed E-state index contributed by atoms with van der Waals surface area (Å²) in [6.07, 6.45) is 2.20. The quantitative estimate of drug-likeness (QED) is 0.863. The smallest absolute Gasteiger partial charge is 0.222 e. The molecule has 1 heterocycles. The van der Waals surface area contributed by atoms with Crippen molar-refractivity contribution in [2.45, 2.75) is 37.7 Å². The average molecular weight is 314 g/mol. The van der Waals surface area contributed by atoms with E-state index in [0.29, 0.717) is 11.3 Å². The van der Waals surface area contributed by atoms with Crippen LogP contribution in [-0.2, 0) is 17.2 Å². The summed E-state index contributed by atoms with van der Waals surface area (Å²) in [5.41, 5.74) is 0.400. The van der Waals surface area contributed by atoms with Crippen LogP contribution in [-0.4, -0.2) is 21.5 Å². The van der Waals surface area contributed by atoms with E-state index in [1.54, 1.807) is 0 Å². The summed E-state index contributed by atoms with van der Waals surface area (Å²) in [5.74, 6) is -1.50. The van der Waals surface area contributed by atoms with Crippen LogP contribution in [0.15, 0.2) is 12.1 Å². The maximum atomic E-state index is 14.0. The topological polar surface area (TPSA) is 46.9 Å². The fraction of sp³-hybridized carbons (Fsp3) is 0.429. The van der Waals surface area contributed by atoms with Crippen LogP contribution in [0.5, 0.6) is 0 Å². The Morgan fingerprint density at radius 3 is 2.86 bits per heavy atom. The van der Waals surface area contributed by atoms with E-state index >= 15 is 0 Å². The molecule has 0 saturated heterocycles. The molecule has 0 aliphatic heterocycles. The van der Waals surface area contributed by atoms with E-state index in [-0.39, 0.29) is 36.3 Å². The van der Waals surface area contributed by atoms with Gasteiger partial charge in [0.15, 0.2) is 11.6 Å². The predicted octanol–water partition coefficient (Wildman–Crippen LogP) is 2.72. The molecule has 0 radical (unpaired) electrons. The van der Waals surface area contributed by atoms with Crippen LogP contribution in [0.25, 0.3) is 11.0 Å². The van der Waals surface area contributed by atoms with Crippen molar-refractivity contribution in [3.05, 3.63) is 29.6 Å². The van der Waals surface area contributed by atoms with E-state index in [9.17, 15) is 13.6 Å². The van der Waals surface area contributed by atoms with E-state index in [1.807, 2.05) is 0 Å². The van der Waals surface area contributed by atoms with E-state index in [4.69, 9.17) is 11.6 Å². The second-order valence-electron chi connectivity index (χ2n) is 5.13. The molecule has 1 aromatic carbocycles. The molecule has 21 heavy (non-hydrogen) atoms. The SMILES string of the molecule is O=C(CCn1c(CCl)nc2ccc(F)c(F)c21)NC1CC1. The second-order valence-corrected chi connectivity index (χ2v) is 5.40. The zero-order chi connectivity index (χ0) is 15.0. The first-order chi connectivity index (χ1) is 10.1. The van der Waals surface area contributed by atoms with Crippen LogP contribution >= 0.6 is 11.6 Å². The number of nitrogens with one attached hydrogen (secondary N) is 1. The number of nitrogens with zero attached hydrogens (tertiary/aromatic N) is 2. The van der Waals surface area contributed by atoms with Crippen molar-refractivity contribution in [1.29, 1.82) is 0 Å². The third-order valence-electron chi connectivity index (χ3n) is 3.50. The Balaban J connectivity index is 1.88. The van der Waals surface area contributed by atoms with Crippen LogP contribution in [0.4, 0.5) is 8.78 Å². The van der Waals surface area contributed by atoms with Crippen molar-refractivity contribution < 1.29 is 13.6 Å². The van der Waals surface area contributed by atoms with Crippen molar-refractivity contribution in [1.82, 2.24) is 14.9 Å². The molecule has 112 valence electrons. The first-order valence-electron chi connectivity index (χ1n) is 6.78. The van der Waals surface area contributed by atoms with Crippen LogP contribution < -0.4 is 5.32 Å². The first kappa shape index (κ1) is 14.3. The minimum absolute atomic E-state index is 0.0601. The van der Waals surface area contributed by atoms with Crippen molar-refractivity contribution in [3.63, 3.8) is 0 Å². The van der Waals surface area contributed by atoms with E-state index in [0.717, 1.165) is 18.9 Å². The lowest BCUT2D eigenvalue weighted by Crippen LogP contribution is -2.26. The maximum Gasteiger partial charge on any atom is 0.222 e. The summed E-state index contributed by atoms with van der Waals surface area (Å²) in [6, 6.07) is 2.72. The van der Waals surface area contributed by atoms with Crippen LogP contribution in [0.1, 0.15) is 25.1 Å². The molecule has 1 fully saturated rings. The highest BCUT2D eigenvalue weighted by Gasteiger charge is 2.23. The molecule has 0 atom stereocenters. The normalized spacial score (nSPS) is 14.6. The number of rotatable bonds is 5. The molecular weight excluding hydrogens is 300 g/mol. The number of halogens is 3. The summed E-state index contributed by atoms with van der Waals surface area (Å²) in [7, 11) is 0. The van der Waals surface area contributed by atoms with Gasteiger partial charge in [0.25, 0.3) is 0 Å². The number of carbonyl (C=O) groups is 1. The van der Waals surface area contributed by atoms with E-state index in [2.05, 4.69) is 10.3 Å². The molecule has 0 bridgehead atoms. The molecule has 1 saturated carbocycles. The molecular formula is C14H14ClF2N3O. The summed E-state index contributed by atoms with van der Waals surface area (Å²) in [4.78, 5) is 15.9. The average Bonchev–Trinajstić information content (AvgIpc) is 3.19. The van der Waals surface area contributed by atoms with Crippen LogP contribution in [0.3, 0.4) is 0 Å². The first-order valence-corrected chi connectivity index (χ1v) is 7.32. The largest absolute Gasteiger partial charge is 0.353 e. The lowest BCUT2D eigenvalue weighted by Gasteiger charge is -2.08. The summed E-state index contributed by atoms with van der Waals surface area (Å²) in [6.45, 7) is 0.220. The van der Waals surface area contributed by atoms with Crippen LogP contribution in [0.2, 0.25) is 0 Å². The zero-order valence-electron chi connectivity index (χ0n) is 11.2. The Hall–Kier alpha value is -1.69. The standard InChI is InChI=1S/C14H14ClF2N3O/c15-7-11-19-10-4-3-9(16)13(17)14(10)20(11)6-5-12(21)18-8-1-2-8/h3-4,8H,1-2,5-7H2,(H,18,21). The molecule has 2 aromatic rings. The minimum Gasteiger partial charge on any atom is -0.353 e. The van der Waals surface area contributed by atoms with Crippen molar-refractivity contribution in [3.8, 4) is 0 Å². The number of aryl methyl sites for hydroxylation is 1. The summed E-state index contributed by atoms with van der Waals surface area (Å²) in [5, 5.41) is 2.85. The molecule has 3 rings (SSSR count). The fourth-order valence-electron chi connectivity index (χ4n) is 2.29. The molecule has 0 spiro atoms. The number of carbonyl (C=O) groups excluding carboxylic acids is 1. The number of alkyl halides is 1. The number of fused-ring (bicyclic) bond motifs is 1. The number of imidazole rings is 1. The van der Waals surface area contributed by atoms with Gasteiger partial charge < -0.3 is 9.88 Å². The molecule has 7 heteroatoms. The van der Waals surface area contributed by atoms with Gasteiger partial charge in [0.1, 0.15) is 11.3 Å². The summed E-state index contributed by atoms with van der Waals surface area (Å²) < 4.78 is 28.8. The lowest BCUT2D eigenvalue weighted by atomic mass is 10.3. The molecule has 1 amide bonds. The van der Waals surface area contributed by atoms with Gasteiger partial charge in [-0.1, -0.05) is 0 Å². The highest BCUT2D eigenvalue weighted by atomic mass is 35.5. The zero-order valence-corrected chi connectivity index (χ0v) is 12.0. The fourth-order valence-corrected chi connectivity index (χ4v) is 2.49. The highest BCUT2D eigenvalue weighted by Crippen LogP contribution is 2.23. The van der Waals surface area contributed by atoms with Gasteiger partial charge in [-0.2, -0.15) is 0 Å². The molecule has 1 N–H and O–H groups in total. The van der Waals surface area contributed by atoms with Crippen molar-refractivity contribution in [2.24, 2.45) is 0 Å². The Bertz CT molecular complexity index is 697. The van der Waals surface area contributed by atoms with Crippen molar-refractivity contribution in [2.75, 3.05) is 0 Å². The Morgan fingerprint density at radius 1 is 1.43 bits per heavy atom. The monoisotopic (exact) mass is 313 g/mol. The highest BCUT2D eigenvalue weighted by molar-refractivity contribution is 6.16. The minimum atomic E-state index is -0.959. The Morgan fingerprint density at radius 2 is 2.19 bits per heavy atom. The van der Waals surface area contributed by atoms with Gasteiger partial charge in [-0.25, -0.2) is 13.8 Å². The molecule has 1 aliphatic carbocycles. The molecule has 0 unspecified atom stereocenters. The van der Waals surface area contributed by atoms with Gasteiger partial charge in [0.05, 0.1) is 11.4 Å². The Kier molecular flexibility index (Phi) is 3.80. The number of hydrogen-bond donors (Lipinski definition) is 1. The molecule has 1 aromatic heterocycles. The Labute approximate surface area is 125 Å². The predicted molar refractivity (Wildman–Crippen MR) is 75.0 cm³/mol. The summed E-state index contributed by atoms with van der Waals surface area (Å²) >= 11 is 5.81. The number of benzene rings is 1. The van der Waals surface area contributed by atoms with Gasteiger partial charge in [-0.15, -0.1) is 11.6 Å². The van der Waals surface area contributed by atoms with E-state index < -0.39 is 11.6 Å². The molecule has 1 aliphatic rings. The van der Waals surface area contributed by atoms with Gasteiger partial charge in [0.2, 0.25) is 5.91 Å². The van der Waals surface area contributed by atoms with Gasteiger partial charge in [-0.05, 0) is 25.0 Å². The number of hydrogen-bond acceptors (Lipinski definition) is 2.